The molecule has 3 aromatic rings. The number of nitrogens with zero attached hydrogens (tertiary/aromatic N) is 4. The molecule has 1 atom stereocenters. The molecule has 1 amide bonds. The van der Waals surface area contributed by atoms with Crippen LogP contribution in [0, 0.1) is 29.6 Å². The van der Waals surface area contributed by atoms with Crippen LogP contribution in [0.1, 0.15) is 82.7 Å². The van der Waals surface area contributed by atoms with E-state index < -0.39 is 20.0 Å². The number of nitriles is 2. The van der Waals surface area contributed by atoms with Crippen LogP contribution in [0.4, 0.5) is 22.1 Å². The lowest BCUT2D eigenvalue weighted by molar-refractivity contribution is 0.0527. The van der Waals surface area contributed by atoms with Crippen molar-refractivity contribution in [3.8, 4) is 23.4 Å². The van der Waals surface area contributed by atoms with Crippen molar-refractivity contribution in [1.29, 1.82) is 10.5 Å². The van der Waals surface area contributed by atoms with Crippen LogP contribution >= 0.6 is 0 Å². The molecule has 2 heterocycles. The van der Waals surface area contributed by atoms with Gasteiger partial charge >= 0.3 is 6.09 Å². The predicted molar refractivity (Wildman–Crippen MR) is 193 cm³/mol. The van der Waals surface area contributed by atoms with Gasteiger partial charge in [0, 0.05) is 42.6 Å². The van der Waals surface area contributed by atoms with Crippen molar-refractivity contribution in [1.82, 2.24) is 15.3 Å². The van der Waals surface area contributed by atoms with Crippen molar-refractivity contribution < 1.29 is 14.0 Å². The highest BCUT2D eigenvalue weighted by Gasteiger charge is 2.42. The summed E-state index contributed by atoms with van der Waals surface area (Å²) < 4.78 is 12.0. The molecular weight excluding hydrogens is 619 g/mol. The van der Waals surface area contributed by atoms with Gasteiger partial charge in [-0.3, -0.25) is 0 Å². The van der Waals surface area contributed by atoms with E-state index in [1.54, 1.807) is 6.20 Å². The highest BCUT2D eigenvalue weighted by atomic mass is 28.4. The number of rotatable bonds is 10. The molecule has 0 spiro atoms. The fourth-order valence-corrected chi connectivity index (χ4v) is 6.42. The maximum Gasteiger partial charge on any atom is 0.407 e. The van der Waals surface area contributed by atoms with Crippen LogP contribution in [-0.4, -0.2) is 49.7 Å². The van der Waals surface area contributed by atoms with Gasteiger partial charge in [-0.05, 0) is 99.6 Å². The first-order valence-corrected chi connectivity index (χ1v) is 19.3. The Balaban J connectivity index is 1.53. The number of aromatic nitrogens is 2. The van der Waals surface area contributed by atoms with E-state index in [1.165, 1.54) is 0 Å². The molecule has 0 saturated carbocycles. The average Bonchev–Trinajstić information content (AvgIpc) is 3.34. The zero-order valence-electron chi connectivity index (χ0n) is 30.0. The van der Waals surface area contributed by atoms with E-state index >= 15 is 0 Å². The van der Waals surface area contributed by atoms with E-state index in [2.05, 4.69) is 79.9 Å². The summed E-state index contributed by atoms with van der Waals surface area (Å²) in [6, 6.07) is 14.3. The number of carbonyl (C=O) groups excluding carboxylic acids is 1. The van der Waals surface area contributed by atoms with Crippen molar-refractivity contribution in [2.24, 2.45) is 0 Å². The SMILES string of the molecule is Cc1cc(CCCNC(=O)OC(C)(C)C)c(C#N)cc1Nc1nccc(-c2cc(C#N)c3c(c2)[C@@](C)(CO[Si](C)(C)C(C)(C)C)CN3)n1. The number of alkyl carbamates (subject to hydrolysis) is 1. The van der Waals surface area contributed by atoms with Crippen molar-refractivity contribution in [2.75, 3.05) is 30.3 Å². The van der Waals surface area contributed by atoms with Gasteiger partial charge in [0.25, 0.3) is 0 Å². The number of nitrogens with one attached hydrogen (secondary N) is 3. The van der Waals surface area contributed by atoms with Gasteiger partial charge in [0.2, 0.25) is 5.95 Å². The van der Waals surface area contributed by atoms with E-state index in [0.29, 0.717) is 55.3 Å². The Morgan fingerprint density at radius 1 is 1.08 bits per heavy atom. The van der Waals surface area contributed by atoms with Crippen LogP contribution in [0.2, 0.25) is 18.1 Å². The van der Waals surface area contributed by atoms with Crippen LogP contribution in [0.3, 0.4) is 0 Å². The Hall–Kier alpha value is -4.45. The molecule has 11 heteroatoms. The van der Waals surface area contributed by atoms with E-state index in [1.807, 2.05) is 52.0 Å². The Morgan fingerprint density at radius 2 is 1.79 bits per heavy atom. The minimum atomic E-state index is -1.98. The van der Waals surface area contributed by atoms with Gasteiger partial charge in [0.1, 0.15) is 11.7 Å². The number of carbonyl (C=O) groups is 1. The van der Waals surface area contributed by atoms with Crippen LogP contribution in [0.25, 0.3) is 11.3 Å². The maximum absolute atomic E-state index is 12.0. The van der Waals surface area contributed by atoms with Gasteiger partial charge in [-0.15, -0.1) is 0 Å². The molecular formula is C37H49N7O3Si. The van der Waals surface area contributed by atoms with E-state index in [-0.39, 0.29) is 10.5 Å². The number of aryl methyl sites for hydroxylation is 2. The molecule has 1 aromatic heterocycles. The molecule has 0 saturated heterocycles. The molecule has 0 aliphatic carbocycles. The molecule has 2 aromatic carbocycles. The first-order chi connectivity index (χ1) is 22.4. The van der Waals surface area contributed by atoms with Crippen LogP contribution in [0.5, 0.6) is 0 Å². The average molecular weight is 668 g/mol. The molecule has 4 rings (SSSR count). The number of ether oxygens (including phenoxy) is 1. The largest absolute Gasteiger partial charge is 0.444 e. The summed E-state index contributed by atoms with van der Waals surface area (Å²) in [6.07, 6.45) is 2.52. The highest BCUT2D eigenvalue weighted by Crippen LogP contribution is 2.44. The lowest BCUT2D eigenvalue weighted by Crippen LogP contribution is -2.45. The van der Waals surface area contributed by atoms with Crippen LogP contribution in [-0.2, 0) is 21.0 Å². The van der Waals surface area contributed by atoms with Gasteiger partial charge in [-0.2, -0.15) is 10.5 Å². The number of benzene rings is 2. The monoisotopic (exact) mass is 667 g/mol. The second-order valence-corrected chi connectivity index (χ2v) is 20.2. The Labute approximate surface area is 286 Å². The maximum atomic E-state index is 12.0. The van der Waals surface area contributed by atoms with Gasteiger partial charge in [-0.25, -0.2) is 14.8 Å². The van der Waals surface area contributed by atoms with Crippen molar-refractivity contribution >= 4 is 31.7 Å². The van der Waals surface area contributed by atoms with Crippen molar-refractivity contribution in [3.63, 3.8) is 0 Å². The quantitative estimate of drug-likeness (QED) is 0.144. The Kier molecular flexibility index (Phi) is 10.6. The summed E-state index contributed by atoms with van der Waals surface area (Å²) in [7, 11) is -1.98. The third-order valence-electron chi connectivity index (χ3n) is 9.18. The Morgan fingerprint density at radius 3 is 2.44 bits per heavy atom. The number of anilines is 3. The predicted octanol–water partition coefficient (Wildman–Crippen LogP) is 8.10. The van der Waals surface area contributed by atoms with Gasteiger partial charge in [0.05, 0.1) is 28.6 Å². The lowest BCUT2D eigenvalue weighted by atomic mass is 9.83. The summed E-state index contributed by atoms with van der Waals surface area (Å²) in [5.74, 6) is 0.384. The van der Waals surface area contributed by atoms with E-state index in [4.69, 9.17) is 14.1 Å². The van der Waals surface area contributed by atoms with Gasteiger partial charge in [0.15, 0.2) is 8.32 Å². The summed E-state index contributed by atoms with van der Waals surface area (Å²) in [5, 5.41) is 29.6. The second kappa shape index (κ2) is 14.0. The second-order valence-electron chi connectivity index (χ2n) is 15.4. The third kappa shape index (κ3) is 8.52. The molecule has 1 aliphatic heterocycles. The van der Waals surface area contributed by atoms with E-state index in [0.717, 1.165) is 33.6 Å². The zero-order valence-corrected chi connectivity index (χ0v) is 31.0. The molecule has 1 aliphatic rings. The molecule has 48 heavy (non-hydrogen) atoms. The lowest BCUT2D eigenvalue weighted by Gasteiger charge is -2.39. The summed E-state index contributed by atoms with van der Waals surface area (Å²) in [5.41, 5.74) is 6.22. The highest BCUT2D eigenvalue weighted by molar-refractivity contribution is 6.74. The van der Waals surface area contributed by atoms with Gasteiger partial charge in [-0.1, -0.05) is 33.8 Å². The standard InChI is InChI=1S/C37H49N7O3Si/c1-24-16-25(12-11-14-41-34(45)47-35(2,3)4)27(20-38)19-31(24)44-33-40-15-13-30(43-33)26-17-28(21-39)32-29(18-26)37(8,22-42-32)23-46-48(9,10)36(5,6)7/h13,15-19,42H,11-12,14,22-23H2,1-10H3,(H,41,45)(H,40,43,44)/t37-/m1/s1. The fraction of sp³-hybridized carbons (Fsp3) is 0.486. The summed E-state index contributed by atoms with van der Waals surface area (Å²) in [4.78, 5) is 21.2. The molecule has 0 bridgehead atoms. The van der Waals surface area contributed by atoms with Crippen LogP contribution in [0.15, 0.2) is 36.5 Å². The third-order valence-corrected chi connectivity index (χ3v) is 13.7. The topological polar surface area (TPSA) is 145 Å². The number of hydrogen-bond donors (Lipinski definition) is 3. The normalized spacial score (nSPS) is 15.9. The summed E-state index contributed by atoms with van der Waals surface area (Å²) in [6.45, 7) is 22.5. The Bertz CT molecular complexity index is 1760. The minimum absolute atomic E-state index is 0.0929. The molecule has 0 fully saturated rings. The van der Waals surface area contributed by atoms with Crippen LogP contribution < -0.4 is 16.0 Å². The molecule has 0 unspecified atom stereocenters. The van der Waals surface area contributed by atoms with Crippen molar-refractivity contribution in [2.45, 2.75) is 97.4 Å². The molecule has 10 nitrogen and oxygen atoms in total. The first-order valence-electron chi connectivity index (χ1n) is 16.4. The first kappa shape index (κ1) is 36.4. The number of hydrogen-bond acceptors (Lipinski definition) is 9. The van der Waals surface area contributed by atoms with E-state index in [9.17, 15) is 15.3 Å². The molecule has 254 valence electrons. The fourth-order valence-electron chi connectivity index (χ4n) is 5.31. The number of fused-ring (bicyclic) bond motifs is 1. The molecule has 0 radical (unpaired) electrons. The smallest absolute Gasteiger partial charge is 0.407 e. The van der Waals surface area contributed by atoms with Gasteiger partial charge < -0.3 is 25.1 Å². The van der Waals surface area contributed by atoms with Crippen molar-refractivity contribution in [3.05, 3.63) is 64.3 Å². The minimum Gasteiger partial charge on any atom is -0.444 e. The number of amides is 1. The zero-order chi connectivity index (χ0) is 35.5. The summed E-state index contributed by atoms with van der Waals surface area (Å²) >= 11 is 0. The molecule has 3 N–H and O–H groups in total.